The highest BCUT2D eigenvalue weighted by molar-refractivity contribution is 6.30. The molecule has 1 heterocycles. The van der Waals surface area contributed by atoms with Gasteiger partial charge in [-0.05, 0) is 23.8 Å². The lowest BCUT2D eigenvalue weighted by Gasteiger charge is -2.00. The number of aromatic nitrogens is 2. The van der Waals surface area contributed by atoms with Gasteiger partial charge in [-0.1, -0.05) is 35.3 Å². The topological polar surface area (TPSA) is 25.8 Å². The van der Waals surface area contributed by atoms with Crippen LogP contribution in [-0.4, -0.2) is 10.2 Å². The first-order chi connectivity index (χ1) is 7.24. The van der Waals surface area contributed by atoms with Crippen LogP contribution in [0.2, 0.25) is 10.0 Å². The molecule has 0 saturated heterocycles. The number of hydrogen-bond acceptors (Lipinski definition) is 2. The molecule has 0 saturated carbocycles. The zero-order valence-electron chi connectivity index (χ0n) is 7.82. The zero-order chi connectivity index (χ0) is 10.7. The van der Waals surface area contributed by atoms with Gasteiger partial charge >= 0.3 is 0 Å². The van der Waals surface area contributed by atoms with Crippen molar-refractivity contribution in [3.8, 4) is 0 Å². The Hall–Kier alpha value is -1.12. The van der Waals surface area contributed by atoms with Crippen molar-refractivity contribution in [2.45, 2.75) is 6.42 Å². The van der Waals surface area contributed by atoms with Gasteiger partial charge in [-0.15, -0.1) is 0 Å². The summed E-state index contributed by atoms with van der Waals surface area (Å²) in [7, 11) is 0. The normalized spacial score (nSPS) is 10.3. The van der Waals surface area contributed by atoms with Crippen LogP contribution in [0.5, 0.6) is 0 Å². The van der Waals surface area contributed by atoms with Crippen LogP contribution in [-0.2, 0) is 6.42 Å². The van der Waals surface area contributed by atoms with E-state index in [2.05, 4.69) is 10.2 Å². The van der Waals surface area contributed by atoms with Crippen molar-refractivity contribution in [1.82, 2.24) is 10.2 Å². The summed E-state index contributed by atoms with van der Waals surface area (Å²) in [5.74, 6) is 0. The first-order valence-corrected chi connectivity index (χ1v) is 5.21. The standard InChI is InChI=1S/C11H8Cl2N2/c12-9-3-1-8(2-4-9)5-11-6-10(13)7-14-15-11/h1-4,6-7H,5H2. The van der Waals surface area contributed by atoms with Crippen molar-refractivity contribution >= 4 is 23.2 Å². The molecule has 4 heteroatoms. The summed E-state index contributed by atoms with van der Waals surface area (Å²) in [5, 5.41) is 9.12. The minimum atomic E-state index is 0.606. The molecule has 0 radical (unpaired) electrons. The smallest absolute Gasteiger partial charge is 0.0689 e. The van der Waals surface area contributed by atoms with Crippen molar-refractivity contribution in [3.05, 3.63) is 57.8 Å². The summed E-state index contributed by atoms with van der Waals surface area (Å²) in [6, 6.07) is 9.45. The molecule has 0 aliphatic carbocycles. The minimum absolute atomic E-state index is 0.606. The molecule has 15 heavy (non-hydrogen) atoms. The van der Waals surface area contributed by atoms with Crippen molar-refractivity contribution in [1.29, 1.82) is 0 Å². The Kier molecular flexibility index (Phi) is 3.19. The molecule has 0 fully saturated rings. The Morgan fingerprint density at radius 3 is 2.40 bits per heavy atom. The average molecular weight is 239 g/mol. The summed E-state index contributed by atoms with van der Waals surface area (Å²) in [5.41, 5.74) is 1.99. The molecule has 0 spiro atoms. The molecule has 76 valence electrons. The molecule has 0 atom stereocenters. The maximum Gasteiger partial charge on any atom is 0.0689 e. The minimum Gasteiger partial charge on any atom is -0.157 e. The van der Waals surface area contributed by atoms with E-state index in [9.17, 15) is 0 Å². The maximum absolute atomic E-state index is 5.81. The summed E-state index contributed by atoms with van der Waals surface area (Å²) in [6.07, 6.45) is 2.23. The summed E-state index contributed by atoms with van der Waals surface area (Å²) in [4.78, 5) is 0. The van der Waals surface area contributed by atoms with Gasteiger partial charge in [-0.25, -0.2) is 0 Å². The van der Waals surface area contributed by atoms with Crippen LogP contribution in [0.1, 0.15) is 11.3 Å². The summed E-state index contributed by atoms with van der Waals surface area (Å²) in [6.45, 7) is 0. The highest BCUT2D eigenvalue weighted by Gasteiger charge is 1.99. The molecule has 2 nitrogen and oxygen atoms in total. The first kappa shape index (κ1) is 10.4. The maximum atomic E-state index is 5.81. The van der Waals surface area contributed by atoms with Crippen LogP contribution < -0.4 is 0 Å². The van der Waals surface area contributed by atoms with Crippen LogP contribution in [0.25, 0.3) is 0 Å². The largest absolute Gasteiger partial charge is 0.157 e. The molecule has 0 bridgehead atoms. The van der Waals surface area contributed by atoms with E-state index in [1.807, 2.05) is 30.3 Å². The molecular weight excluding hydrogens is 231 g/mol. The quantitative estimate of drug-likeness (QED) is 0.802. The van der Waals surface area contributed by atoms with Crippen LogP contribution in [0.15, 0.2) is 36.5 Å². The van der Waals surface area contributed by atoms with Crippen LogP contribution >= 0.6 is 23.2 Å². The number of benzene rings is 1. The molecule has 1 aromatic carbocycles. The average Bonchev–Trinajstić information content (AvgIpc) is 2.22. The molecule has 0 unspecified atom stereocenters. The molecular formula is C11H8Cl2N2. The lowest BCUT2D eigenvalue weighted by molar-refractivity contribution is 0.937. The molecule has 1 aromatic heterocycles. The van der Waals surface area contributed by atoms with Gasteiger partial charge < -0.3 is 0 Å². The Morgan fingerprint density at radius 1 is 1.00 bits per heavy atom. The third-order valence-corrected chi connectivity index (χ3v) is 2.43. The molecule has 0 aliphatic rings. The van der Waals surface area contributed by atoms with E-state index in [-0.39, 0.29) is 0 Å². The van der Waals surface area contributed by atoms with Gasteiger partial charge in [-0.3, -0.25) is 0 Å². The highest BCUT2D eigenvalue weighted by Crippen LogP contribution is 2.14. The lowest BCUT2D eigenvalue weighted by Crippen LogP contribution is -1.93. The second kappa shape index (κ2) is 4.60. The SMILES string of the molecule is Clc1ccc(Cc2cc(Cl)cnn2)cc1. The van der Waals surface area contributed by atoms with E-state index in [0.717, 1.165) is 16.3 Å². The van der Waals surface area contributed by atoms with Crippen LogP contribution in [0.3, 0.4) is 0 Å². The Morgan fingerprint density at radius 2 is 1.73 bits per heavy atom. The predicted molar refractivity (Wildman–Crippen MR) is 61.3 cm³/mol. The molecule has 2 rings (SSSR count). The predicted octanol–water partition coefficient (Wildman–Crippen LogP) is 3.37. The van der Waals surface area contributed by atoms with Crippen LogP contribution in [0, 0.1) is 0 Å². The van der Waals surface area contributed by atoms with Crippen LogP contribution in [0.4, 0.5) is 0 Å². The number of hydrogen-bond donors (Lipinski definition) is 0. The molecule has 0 amide bonds. The van der Waals surface area contributed by atoms with Crippen molar-refractivity contribution in [2.24, 2.45) is 0 Å². The van der Waals surface area contributed by atoms with E-state index < -0.39 is 0 Å². The molecule has 0 N–H and O–H groups in total. The van der Waals surface area contributed by atoms with Gasteiger partial charge in [0.15, 0.2) is 0 Å². The monoisotopic (exact) mass is 238 g/mol. The number of rotatable bonds is 2. The van der Waals surface area contributed by atoms with Gasteiger partial charge in [0.05, 0.1) is 16.9 Å². The zero-order valence-corrected chi connectivity index (χ0v) is 9.33. The van der Waals surface area contributed by atoms with Crippen molar-refractivity contribution < 1.29 is 0 Å². The Bertz CT molecular complexity index is 454. The fourth-order valence-corrected chi connectivity index (χ4v) is 1.58. The van der Waals surface area contributed by atoms with E-state index in [4.69, 9.17) is 23.2 Å². The fraction of sp³-hybridized carbons (Fsp3) is 0.0909. The Labute approximate surface area is 97.9 Å². The van der Waals surface area contributed by atoms with Gasteiger partial charge in [0.2, 0.25) is 0 Å². The lowest BCUT2D eigenvalue weighted by atomic mass is 10.1. The van der Waals surface area contributed by atoms with Crippen molar-refractivity contribution in [2.75, 3.05) is 0 Å². The third kappa shape index (κ3) is 2.91. The van der Waals surface area contributed by atoms with E-state index >= 15 is 0 Å². The third-order valence-electron chi connectivity index (χ3n) is 1.97. The van der Waals surface area contributed by atoms with Gasteiger partial charge in [0.25, 0.3) is 0 Å². The van der Waals surface area contributed by atoms with E-state index in [1.54, 1.807) is 0 Å². The first-order valence-electron chi connectivity index (χ1n) is 4.45. The Balaban J connectivity index is 2.18. The van der Waals surface area contributed by atoms with E-state index in [1.165, 1.54) is 6.20 Å². The number of halogens is 2. The summed E-state index contributed by atoms with van der Waals surface area (Å²) < 4.78 is 0. The van der Waals surface area contributed by atoms with E-state index in [0.29, 0.717) is 11.4 Å². The molecule has 0 aliphatic heterocycles. The highest BCUT2D eigenvalue weighted by atomic mass is 35.5. The number of nitrogens with zero attached hydrogens (tertiary/aromatic N) is 2. The molecule has 2 aromatic rings. The summed E-state index contributed by atoms with van der Waals surface area (Å²) >= 11 is 11.6. The fourth-order valence-electron chi connectivity index (χ4n) is 1.28. The second-order valence-electron chi connectivity index (χ2n) is 3.17. The van der Waals surface area contributed by atoms with Crippen molar-refractivity contribution in [3.63, 3.8) is 0 Å². The second-order valence-corrected chi connectivity index (χ2v) is 4.04. The van der Waals surface area contributed by atoms with Gasteiger partial charge in [0, 0.05) is 11.4 Å². The van der Waals surface area contributed by atoms with Gasteiger partial charge in [0.1, 0.15) is 0 Å². The van der Waals surface area contributed by atoms with Gasteiger partial charge in [-0.2, -0.15) is 10.2 Å².